The second-order valence-electron chi connectivity index (χ2n) is 3.79. The number of rotatable bonds is 3. The number of fused-ring (bicyclic) bond motifs is 2. The van der Waals surface area contributed by atoms with Crippen molar-refractivity contribution in [3.63, 3.8) is 0 Å². The minimum Gasteiger partial charge on any atom is -0.303 e. The summed E-state index contributed by atoms with van der Waals surface area (Å²) in [4.78, 5) is 12.3. The van der Waals surface area contributed by atoms with Gasteiger partial charge in [-0.1, -0.05) is 0 Å². The molecule has 2 atom stereocenters. The van der Waals surface area contributed by atoms with Gasteiger partial charge in [-0.05, 0) is 6.42 Å². The van der Waals surface area contributed by atoms with E-state index in [1.54, 1.807) is 0 Å². The maximum Gasteiger partial charge on any atom is 0.156 e. The molecule has 0 N–H and O–H groups in total. The fourth-order valence-electron chi connectivity index (χ4n) is 2.27. The minimum absolute atomic E-state index is 0.149. The van der Waals surface area contributed by atoms with Gasteiger partial charge in [0.25, 0.3) is 0 Å². The Kier molecular flexibility index (Phi) is 2.15. The zero-order valence-electron chi connectivity index (χ0n) is 7.35. The molecule has 0 aromatic carbocycles. The third kappa shape index (κ3) is 1.50. The van der Waals surface area contributed by atoms with Crippen LogP contribution in [0.1, 0.15) is 12.8 Å². The number of sulfone groups is 1. The lowest BCUT2D eigenvalue weighted by atomic mass is 10.2. The van der Waals surface area contributed by atoms with Crippen molar-refractivity contribution < 1.29 is 13.2 Å². The van der Waals surface area contributed by atoms with Crippen LogP contribution in [0.2, 0.25) is 0 Å². The van der Waals surface area contributed by atoms with Crippen molar-refractivity contribution in [2.75, 3.05) is 18.8 Å². The van der Waals surface area contributed by atoms with Crippen LogP contribution < -0.4 is 0 Å². The lowest BCUT2D eigenvalue weighted by molar-refractivity contribution is -0.108. The summed E-state index contributed by atoms with van der Waals surface area (Å²) in [6, 6.07) is 0.190. The predicted molar refractivity (Wildman–Crippen MR) is 48.2 cm³/mol. The van der Waals surface area contributed by atoms with Crippen LogP contribution in [0.5, 0.6) is 0 Å². The number of likely N-dealkylation sites (tertiary alicyclic amines) is 1. The fourth-order valence-corrected chi connectivity index (χ4v) is 4.36. The molecule has 2 unspecified atom stereocenters. The zero-order chi connectivity index (χ0) is 9.47. The lowest BCUT2D eigenvalue weighted by Crippen LogP contribution is -2.40. The number of hydrogen-bond donors (Lipinski definition) is 0. The first-order valence-electron chi connectivity index (χ1n) is 4.53. The van der Waals surface area contributed by atoms with Gasteiger partial charge >= 0.3 is 0 Å². The molecule has 0 aromatic heterocycles. The molecule has 0 aromatic rings. The van der Waals surface area contributed by atoms with Crippen molar-refractivity contribution >= 4 is 16.1 Å². The monoisotopic (exact) mass is 203 g/mol. The molecular weight excluding hydrogens is 190 g/mol. The highest BCUT2D eigenvalue weighted by molar-refractivity contribution is 7.92. The second kappa shape index (κ2) is 3.06. The Balaban J connectivity index is 1.99. The third-order valence-corrected chi connectivity index (χ3v) is 5.16. The van der Waals surface area contributed by atoms with Crippen molar-refractivity contribution in [3.8, 4) is 0 Å². The van der Waals surface area contributed by atoms with Gasteiger partial charge in [0.15, 0.2) is 9.84 Å². The van der Waals surface area contributed by atoms with E-state index in [1.165, 1.54) is 0 Å². The van der Waals surface area contributed by atoms with Gasteiger partial charge in [-0.3, -0.25) is 4.90 Å². The van der Waals surface area contributed by atoms with Gasteiger partial charge in [0.1, 0.15) is 6.29 Å². The molecule has 2 fully saturated rings. The molecule has 2 aliphatic heterocycles. The average molecular weight is 203 g/mol. The Morgan fingerprint density at radius 2 is 2.23 bits per heavy atom. The van der Waals surface area contributed by atoms with Gasteiger partial charge in [-0.25, -0.2) is 8.42 Å². The van der Waals surface area contributed by atoms with Crippen LogP contribution in [-0.4, -0.2) is 49.7 Å². The molecule has 2 heterocycles. The van der Waals surface area contributed by atoms with Crippen LogP contribution in [-0.2, 0) is 14.6 Å². The van der Waals surface area contributed by atoms with Gasteiger partial charge < -0.3 is 4.79 Å². The molecular formula is C8H13NO3S. The smallest absolute Gasteiger partial charge is 0.156 e. The van der Waals surface area contributed by atoms with E-state index in [4.69, 9.17) is 0 Å². The second-order valence-corrected chi connectivity index (χ2v) is 6.12. The van der Waals surface area contributed by atoms with E-state index in [0.29, 0.717) is 18.7 Å². The number of carbonyl (C=O) groups is 1. The molecule has 2 bridgehead atoms. The molecule has 0 saturated carbocycles. The van der Waals surface area contributed by atoms with E-state index in [-0.39, 0.29) is 11.3 Å². The summed E-state index contributed by atoms with van der Waals surface area (Å²) in [5, 5.41) is -0.149. The number of nitrogens with zero attached hydrogens (tertiary/aromatic N) is 1. The first-order chi connectivity index (χ1) is 6.13. The van der Waals surface area contributed by atoms with E-state index in [0.717, 1.165) is 19.3 Å². The molecule has 0 amide bonds. The molecule has 2 aliphatic rings. The average Bonchev–Trinajstić information content (AvgIpc) is 2.55. The molecule has 0 spiro atoms. The molecule has 4 nitrogen and oxygen atoms in total. The van der Waals surface area contributed by atoms with Crippen LogP contribution >= 0.6 is 0 Å². The first-order valence-corrected chi connectivity index (χ1v) is 6.24. The van der Waals surface area contributed by atoms with E-state index in [1.807, 2.05) is 0 Å². The van der Waals surface area contributed by atoms with Gasteiger partial charge in [0.2, 0.25) is 0 Å². The molecule has 0 aliphatic carbocycles. The number of hydrogen-bond acceptors (Lipinski definition) is 4. The molecule has 13 heavy (non-hydrogen) atoms. The highest BCUT2D eigenvalue weighted by Gasteiger charge is 2.47. The zero-order valence-corrected chi connectivity index (χ0v) is 8.16. The van der Waals surface area contributed by atoms with Crippen molar-refractivity contribution in [2.45, 2.75) is 24.1 Å². The van der Waals surface area contributed by atoms with Gasteiger partial charge in [-0.15, -0.1) is 0 Å². The van der Waals surface area contributed by atoms with Crippen molar-refractivity contribution in [2.24, 2.45) is 0 Å². The van der Waals surface area contributed by atoms with E-state index in [2.05, 4.69) is 4.90 Å². The number of aldehydes is 1. The van der Waals surface area contributed by atoms with E-state index >= 15 is 0 Å². The van der Waals surface area contributed by atoms with Gasteiger partial charge in [0, 0.05) is 25.6 Å². The lowest BCUT2D eigenvalue weighted by Gasteiger charge is -2.25. The van der Waals surface area contributed by atoms with Gasteiger partial charge in [0.05, 0.1) is 11.0 Å². The summed E-state index contributed by atoms with van der Waals surface area (Å²) in [6.07, 6.45) is 2.19. The summed E-state index contributed by atoms with van der Waals surface area (Å²) in [6.45, 7) is 1.36. The standard InChI is InChI=1S/C8H13NO3S/c10-3-1-2-9-5-8-4-7(9)6-13(8,11)12/h3,7-8H,1-2,4-6H2. The quantitative estimate of drug-likeness (QED) is 0.577. The van der Waals surface area contributed by atoms with Crippen molar-refractivity contribution in [3.05, 3.63) is 0 Å². The largest absolute Gasteiger partial charge is 0.303 e. The van der Waals surface area contributed by atoms with Crippen LogP contribution in [0.3, 0.4) is 0 Å². The Bertz CT molecular complexity index is 311. The summed E-state index contributed by atoms with van der Waals surface area (Å²) >= 11 is 0. The topological polar surface area (TPSA) is 54.5 Å². The maximum atomic E-state index is 11.3. The highest BCUT2D eigenvalue weighted by atomic mass is 32.2. The molecule has 0 radical (unpaired) electrons. The Labute approximate surface area is 77.8 Å². The molecule has 2 saturated heterocycles. The summed E-state index contributed by atoms with van der Waals surface area (Å²) in [7, 11) is -2.78. The predicted octanol–water partition coefficient (Wildman–Crippen LogP) is -0.553. The van der Waals surface area contributed by atoms with Crippen LogP contribution in [0.15, 0.2) is 0 Å². The molecule has 5 heteroatoms. The Morgan fingerprint density at radius 3 is 2.69 bits per heavy atom. The Hall–Kier alpha value is -0.420. The van der Waals surface area contributed by atoms with Crippen LogP contribution in [0, 0.1) is 0 Å². The van der Waals surface area contributed by atoms with E-state index in [9.17, 15) is 13.2 Å². The summed E-state index contributed by atoms with van der Waals surface area (Å²) in [5.74, 6) is 0.302. The molecule has 2 rings (SSSR count). The van der Waals surface area contributed by atoms with Crippen molar-refractivity contribution in [1.29, 1.82) is 0 Å². The van der Waals surface area contributed by atoms with E-state index < -0.39 is 9.84 Å². The highest BCUT2D eigenvalue weighted by Crippen LogP contribution is 2.32. The van der Waals surface area contributed by atoms with Crippen LogP contribution in [0.4, 0.5) is 0 Å². The maximum absolute atomic E-state index is 11.3. The normalized spacial score (nSPS) is 36.6. The Morgan fingerprint density at radius 1 is 1.46 bits per heavy atom. The SMILES string of the molecule is O=CCCN1CC2CC1CS2(=O)=O. The summed E-state index contributed by atoms with van der Waals surface area (Å²) < 4.78 is 22.7. The fraction of sp³-hybridized carbons (Fsp3) is 0.875. The minimum atomic E-state index is -2.78. The van der Waals surface area contributed by atoms with Crippen LogP contribution in [0.25, 0.3) is 0 Å². The summed E-state index contributed by atoms with van der Waals surface area (Å²) in [5.41, 5.74) is 0. The first kappa shape index (κ1) is 9.15. The third-order valence-electron chi connectivity index (χ3n) is 2.96. The number of carbonyl (C=O) groups excluding carboxylic acids is 1. The van der Waals surface area contributed by atoms with Gasteiger partial charge in [-0.2, -0.15) is 0 Å². The molecule has 74 valence electrons. The van der Waals surface area contributed by atoms with Crippen molar-refractivity contribution in [1.82, 2.24) is 4.90 Å².